The summed E-state index contributed by atoms with van der Waals surface area (Å²) in [6, 6.07) is 13.5. The lowest BCUT2D eigenvalue weighted by atomic mass is 10.1. The number of rotatable bonds is 5. The summed E-state index contributed by atoms with van der Waals surface area (Å²) in [7, 11) is 2.14. The normalized spacial score (nSPS) is 16.0. The van der Waals surface area contributed by atoms with E-state index in [0.29, 0.717) is 43.4 Å². The van der Waals surface area contributed by atoms with Crippen molar-refractivity contribution in [3.63, 3.8) is 0 Å². The Labute approximate surface area is 182 Å². The zero-order valence-electron chi connectivity index (χ0n) is 17.7. The summed E-state index contributed by atoms with van der Waals surface area (Å²) in [5.41, 5.74) is 2.83. The van der Waals surface area contributed by atoms with E-state index in [-0.39, 0.29) is 0 Å². The molecule has 0 unspecified atom stereocenters. The van der Waals surface area contributed by atoms with E-state index in [4.69, 9.17) is 9.47 Å². The molecule has 0 aliphatic carbocycles. The number of amides is 2. The summed E-state index contributed by atoms with van der Waals surface area (Å²) in [6.07, 6.45) is 0.659. The fourth-order valence-corrected chi connectivity index (χ4v) is 3.65. The monoisotopic (exact) mass is 424 g/mol. The van der Waals surface area contributed by atoms with Crippen LogP contribution in [0.3, 0.4) is 0 Å². The average Bonchev–Trinajstić information content (AvgIpc) is 2.80. The largest absolute Gasteiger partial charge is 0.486 e. The van der Waals surface area contributed by atoms with Gasteiger partial charge in [0.1, 0.15) is 13.2 Å². The number of nitrogens with one attached hydrogen (secondary N) is 2. The predicted octanol–water partition coefficient (Wildman–Crippen LogP) is 1.51. The van der Waals surface area contributed by atoms with E-state index >= 15 is 0 Å². The van der Waals surface area contributed by atoms with Crippen molar-refractivity contribution in [1.29, 1.82) is 0 Å². The maximum absolute atomic E-state index is 12.2. The number of hydrogen-bond donors (Lipinski definition) is 2. The Balaban J connectivity index is 1.22. The first-order chi connectivity index (χ1) is 15.1. The third-order valence-corrected chi connectivity index (χ3v) is 5.51. The number of carbonyl (C=O) groups is 2. The number of carbonyl (C=O) groups excluding carboxylic acids is 2. The quantitative estimate of drug-likeness (QED) is 0.708. The fourth-order valence-electron chi connectivity index (χ4n) is 3.65. The first-order valence-electron chi connectivity index (χ1n) is 10.6. The van der Waals surface area contributed by atoms with Gasteiger partial charge in [-0.05, 0) is 43.3 Å². The standard InChI is InChI=1S/C23H28N4O4/c1-26-10-12-27(13-11-26)19-5-2-17(3-6-19)8-9-24-22(28)23(29)25-18-4-7-20-21(16-18)31-15-14-30-20/h2-7,16H,8-15H2,1H3,(H,24,28)(H,25,29). The van der Waals surface area contributed by atoms with Gasteiger partial charge in [0, 0.05) is 50.2 Å². The van der Waals surface area contributed by atoms with Crippen LogP contribution in [0.15, 0.2) is 42.5 Å². The van der Waals surface area contributed by atoms with Crippen LogP contribution in [0.1, 0.15) is 5.56 Å². The molecule has 0 radical (unpaired) electrons. The minimum atomic E-state index is -0.706. The number of likely N-dealkylation sites (N-methyl/N-ethyl adjacent to an activating group) is 1. The van der Waals surface area contributed by atoms with Crippen LogP contribution < -0.4 is 25.0 Å². The number of ether oxygens (including phenoxy) is 2. The average molecular weight is 425 g/mol. The molecule has 2 aliphatic heterocycles. The van der Waals surface area contributed by atoms with Crippen LogP contribution in [0.2, 0.25) is 0 Å². The summed E-state index contributed by atoms with van der Waals surface area (Å²) in [5.74, 6) is -0.178. The first kappa shape index (κ1) is 21.0. The van der Waals surface area contributed by atoms with Crippen molar-refractivity contribution in [2.24, 2.45) is 0 Å². The van der Waals surface area contributed by atoms with E-state index in [2.05, 4.69) is 51.7 Å². The third kappa shape index (κ3) is 5.46. The van der Waals surface area contributed by atoms with Gasteiger partial charge >= 0.3 is 11.8 Å². The second kappa shape index (κ2) is 9.70. The molecular formula is C23H28N4O4. The molecule has 8 heteroatoms. The van der Waals surface area contributed by atoms with Crippen molar-refractivity contribution in [1.82, 2.24) is 10.2 Å². The molecule has 2 amide bonds. The Morgan fingerprint density at radius 2 is 1.61 bits per heavy atom. The van der Waals surface area contributed by atoms with E-state index in [1.807, 2.05) is 0 Å². The number of anilines is 2. The van der Waals surface area contributed by atoms with E-state index in [1.54, 1.807) is 18.2 Å². The molecule has 1 fully saturated rings. The molecule has 1 saturated heterocycles. The molecule has 2 aromatic carbocycles. The number of nitrogens with zero attached hydrogens (tertiary/aromatic N) is 2. The van der Waals surface area contributed by atoms with Crippen LogP contribution in [0.25, 0.3) is 0 Å². The fraction of sp³-hybridized carbons (Fsp3) is 0.391. The van der Waals surface area contributed by atoms with Gasteiger partial charge in [-0.15, -0.1) is 0 Å². The Kier molecular flexibility index (Phi) is 6.57. The Morgan fingerprint density at radius 1 is 0.903 bits per heavy atom. The maximum atomic E-state index is 12.2. The molecule has 0 bridgehead atoms. The van der Waals surface area contributed by atoms with Crippen LogP contribution in [-0.4, -0.2) is 69.7 Å². The minimum Gasteiger partial charge on any atom is -0.486 e. The highest BCUT2D eigenvalue weighted by atomic mass is 16.6. The van der Waals surface area contributed by atoms with E-state index in [9.17, 15) is 9.59 Å². The van der Waals surface area contributed by atoms with Crippen molar-refractivity contribution in [3.8, 4) is 11.5 Å². The van der Waals surface area contributed by atoms with Crippen LogP contribution in [-0.2, 0) is 16.0 Å². The molecule has 2 N–H and O–H groups in total. The van der Waals surface area contributed by atoms with Gasteiger partial charge in [0.15, 0.2) is 11.5 Å². The molecule has 2 aromatic rings. The Bertz CT molecular complexity index is 924. The van der Waals surface area contributed by atoms with Gasteiger partial charge in [0.05, 0.1) is 0 Å². The van der Waals surface area contributed by atoms with Crippen LogP contribution in [0, 0.1) is 0 Å². The van der Waals surface area contributed by atoms with Gasteiger partial charge in [-0.3, -0.25) is 9.59 Å². The lowest BCUT2D eigenvalue weighted by molar-refractivity contribution is -0.136. The number of fused-ring (bicyclic) bond motifs is 1. The summed E-state index contributed by atoms with van der Waals surface area (Å²) in [4.78, 5) is 29.0. The summed E-state index contributed by atoms with van der Waals surface area (Å²) >= 11 is 0. The topological polar surface area (TPSA) is 83.1 Å². The predicted molar refractivity (Wildman–Crippen MR) is 119 cm³/mol. The second-order valence-corrected chi connectivity index (χ2v) is 7.78. The summed E-state index contributed by atoms with van der Waals surface area (Å²) < 4.78 is 10.9. The molecule has 164 valence electrons. The summed E-state index contributed by atoms with van der Waals surface area (Å²) in [5, 5.41) is 5.27. The highest BCUT2D eigenvalue weighted by Crippen LogP contribution is 2.32. The van der Waals surface area contributed by atoms with Crippen molar-refractivity contribution in [3.05, 3.63) is 48.0 Å². The zero-order chi connectivity index (χ0) is 21.6. The van der Waals surface area contributed by atoms with Crippen molar-refractivity contribution >= 4 is 23.2 Å². The van der Waals surface area contributed by atoms with Gasteiger partial charge in [-0.1, -0.05) is 12.1 Å². The zero-order valence-corrected chi connectivity index (χ0v) is 17.7. The molecule has 0 spiro atoms. The Morgan fingerprint density at radius 3 is 2.35 bits per heavy atom. The molecule has 31 heavy (non-hydrogen) atoms. The van der Waals surface area contributed by atoms with Crippen molar-refractivity contribution in [2.45, 2.75) is 6.42 Å². The number of piperazine rings is 1. The lowest BCUT2D eigenvalue weighted by Gasteiger charge is -2.34. The summed E-state index contributed by atoms with van der Waals surface area (Å²) in [6.45, 7) is 5.56. The van der Waals surface area contributed by atoms with E-state index in [0.717, 1.165) is 31.7 Å². The van der Waals surface area contributed by atoms with Crippen LogP contribution >= 0.6 is 0 Å². The second-order valence-electron chi connectivity index (χ2n) is 7.78. The van der Waals surface area contributed by atoms with Gasteiger partial charge in [-0.2, -0.15) is 0 Å². The van der Waals surface area contributed by atoms with E-state index in [1.165, 1.54) is 5.69 Å². The lowest BCUT2D eigenvalue weighted by Crippen LogP contribution is -2.44. The van der Waals surface area contributed by atoms with E-state index < -0.39 is 11.8 Å². The molecule has 0 atom stereocenters. The van der Waals surface area contributed by atoms with Gasteiger partial charge < -0.3 is 29.9 Å². The van der Waals surface area contributed by atoms with Crippen LogP contribution in [0.4, 0.5) is 11.4 Å². The molecular weight excluding hydrogens is 396 g/mol. The third-order valence-electron chi connectivity index (χ3n) is 5.51. The van der Waals surface area contributed by atoms with Gasteiger partial charge in [0.2, 0.25) is 0 Å². The first-order valence-corrected chi connectivity index (χ1v) is 10.6. The number of hydrogen-bond acceptors (Lipinski definition) is 6. The van der Waals surface area contributed by atoms with Gasteiger partial charge in [-0.25, -0.2) is 0 Å². The SMILES string of the molecule is CN1CCN(c2ccc(CCNC(=O)C(=O)Nc3ccc4c(c3)OCCO4)cc2)CC1. The maximum Gasteiger partial charge on any atom is 0.313 e. The molecule has 2 aliphatic rings. The molecule has 8 nitrogen and oxygen atoms in total. The minimum absolute atomic E-state index is 0.390. The molecule has 0 aromatic heterocycles. The molecule has 0 saturated carbocycles. The molecule has 4 rings (SSSR count). The smallest absolute Gasteiger partial charge is 0.313 e. The molecule has 2 heterocycles. The van der Waals surface area contributed by atoms with Crippen molar-refractivity contribution < 1.29 is 19.1 Å². The van der Waals surface area contributed by atoms with Crippen LogP contribution in [0.5, 0.6) is 11.5 Å². The highest BCUT2D eigenvalue weighted by Gasteiger charge is 2.17. The Hall–Kier alpha value is -3.26. The number of benzene rings is 2. The van der Waals surface area contributed by atoms with Crippen molar-refractivity contribution in [2.75, 3.05) is 63.2 Å². The van der Waals surface area contributed by atoms with Gasteiger partial charge in [0.25, 0.3) is 0 Å². The highest BCUT2D eigenvalue weighted by molar-refractivity contribution is 6.39.